The van der Waals surface area contributed by atoms with E-state index in [-0.39, 0.29) is 18.0 Å². The number of hydrogen-bond donors (Lipinski definition) is 1. The topological polar surface area (TPSA) is 52.7 Å². The molecule has 0 aromatic rings. The van der Waals surface area contributed by atoms with Crippen LogP contribution in [0, 0.1) is 5.92 Å². The van der Waals surface area contributed by atoms with Gasteiger partial charge in [-0.15, -0.1) is 0 Å². The maximum Gasteiger partial charge on any atom is 0.317 e. The van der Waals surface area contributed by atoms with Crippen molar-refractivity contribution in [2.24, 2.45) is 5.92 Å². The zero-order chi connectivity index (χ0) is 12.5. The smallest absolute Gasteiger partial charge is 0.317 e. The molecular formula is C12H19N3O2S. The SMILES string of the molecule is O=C(C1CCSCC1)N1CCN2C(=O)NCC2C1. The van der Waals surface area contributed by atoms with Gasteiger partial charge in [0.05, 0.1) is 6.04 Å². The lowest BCUT2D eigenvalue weighted by molar-refractivity contribution is -0.137. The van der Waals surface area contributed by atoms with Crippen LogP contribution in [0.2, 0.25) is 0 Å². The van der Waals surface area contributed by atoms with Crippen LogP contribution < -0.4 is 5.32 Å². The van der Waals surface area contributed by atoms with Crippen molar-refractivity contribution in [2.45, 2.75) is 18.9 Å². The third-order valence-electron chi connectivity index (χ3n) is 4.11. The second kappa shape index (κ2) is 4.99. The van der Waals surface area contributed by atoms with Crippen LogP contribution >= 0.6 is 11.8 Å². The van der Waals surface area contributed by atoms with Crippen LogP contribution in [0.1, 0.15) is 12.8 Å². The minimum atomic E-state index is 0.0289. The van der Waals surface area contributed by atoms with E-state index in [2.05, 4.69) is 5.32 Å². The Labute approximate surface area is 111 Å². The van der Waals surface area contributed by atoms with Crippen LogP contribution in [-0.4, -0.2) is 65.5 Å². The second-order valence-corrected chi connectivity index (χ2v) is 6.43. The number of thioether (sulfide) groups is 1. The summed E-state index contributed by atoms with van der Waals surface area (Å²) in [4.78, 5) is 27.7. The van der Waals surface area contributed by atoms with Crippen molar-refractivity contribution < 1.29 is 9.59 Å². The van der Waals surface area contributed by atoms with E-state index in [4.69, 9.17) is 0 Å². The molecule has 18 heavy (non-hydrogen) atoms. The van der Waals surface area contributed by atoms with Gasteiger partial charge < -0.3 is 15.1 Å². The molecule has 5 nitrogen and oxygen atoms in total. The Morgan fingerprint density at radius 2 is 2.06 bits per heavy atom. The number of carbonyl (C=O) groups is 2. The van der Waals surface area contributed by atoms with Crippen LogP contribution in [-0.2, 0) is 4.79 Å². The van der Waals surface area contributed by atoms with E-state index in [0.717, 1.165) is 24.3 Å². The summed E-state index contributed by atoms with van der Waals surface area (Å²) in [5.74, 6) is 2.76. The summed E-state index contributed by atoms with van der Waals surface area (Å²) in [6.45, 7) is 2.78. The van der Waals surface area contributed by atoms with Gasteiger partial charge in [0.15, 0.2) is 0 Å². The quantitative estimate of drug-likeness (QED) is 0.748. The molecule has 1 atom stereocenters. The fourth-order valence-electron chi connectivity index (χ4n) is 3.01. The van der Waals surface area contributed by atoms with Crippen molar-refractivity contribution in [3.05, 3.63) is 0 Å². The highest BCUT2D eigenvalue weighted by Gasteiger charge is 2.38. The molecule has 0 aromatic heterocycles. The average Bonchev–Trinajstić information content (AvgIpc) is 2.80. The molecule has 3 aliphatic heterocycles. The standard InChI is InChI=1S/C12H19N3O2S/c16-11(9-1-5-18-6-2-9)14-3-4-15-10(8-14)7-13-12(15)17/h9-10H,1-8H2,(H,13,17). The van der Waals surface area contributed by atoms with Crippen molar-refractivity contribution in [1.29, 1.82) is 0 Å². The van der Waals surface area contributed by atoms with Gasteiger partial charge in [-0.3, -0.25) is 4.79 Å². The van der Waals surface area contributed by atoms with Crippen molar-refractivity contribution in [1.82, 2.24) is 15.1 Å². The predicted molar refractivity (Wildman–Crippen MR) is 70.5 cm³/mol. The van der Waals surface area contributed by atoms with Gasteiger partial charge in [0.1, 0.15) is 0 Å². The molecule has 100 valence electrons. The van der Waals surface area contributed by atoms with Crippen LogP contribution in [0.3, 0.4) is 0 Å². The van der Waals surface area contributed by atoms with E-state index in [1.54, 1.807) is 0 Å². The summed E-state index contributed by atoms with van der Waals surface area (Å²) in [6, 6.07) is 0.217. The Morgan fingerprint density at radius 1 is 1.28 bits per heavy atom. The van der Waals surface area contributed by atoms with E-state index in [0.29, 0.717) is 32.1 Å². The highest BCUT2D eigenvalue weighted by molar-refractivity contribution is 7.99. The van der Waals surface area contributed by atoms with Crippen molar-refractivity contribution >= 4 is 23.7 Å². The third kappa shape index (κ3) is 2.18. The molecule has 3 aliphatic rings. The molecule has 1 N–H and O–H groups in total. The van der Waals surface area contributed by atoms with Gasteiger partial charge in [0.2, 0.25) is 5.91 Å². The summed E-state index contributed by atoms with van der Waals surface area (Å²) in [5.41, 5.74) is 0. The molecule has 0 radical (unpaired) electrons. The van der Waals surface area contributed by atoms with E-state index in [9.17, 15) is 9.59 Å². The number of piperazine rings is 1. The highest BCUT2D eigenvalue weighted by Crippen LogP contribution is 2.25. The summed E-state index contributed by atoms with van der Waals surface area (Å²) >= 11 is 1.94. The number of hydrogen-bond acceptors (Lipinski definition) is 3. The average molecular weight is 269 g/mol. The molecule has 3 saturated heterocycles. The first-order valence-corrected chi connectivity index (χ1v) is 7.82. The lowest BCUT2D eigenvalue weighted by Crippen LogP contribution is -2.55. The maximum atomic E-state index is 12.4. The van der Waals surface area contributed by atoms with Crippen molar-refractivity contribution in [3.8, 4) is 0 Å². The fraction of sp³-hybridized carbons (Fsp3) is 0.833. The summed E-state index contributed by atoms with van der Waals surface area (Å²) < 4.78 is 0. The molecule has 0 saturated carbocycles. The first-order chi connectivity index (χ1) is 8.75. The second-order valence-electron chi connectivity index (χ2n) is 5.20. The molecule has 3 heterocycles. The first-order valence-electron chi connectivity index (χ1n) is 6.66. The zero-order valence-electron chi connectivity index (χ0n) is 10.4. The molecular weight excluding hydrogens is 250 g/mol. The third-order valence-corrected chi connectivity index (χ3v) is 5.16. The van der Waals surface area contributed by atoms with E-state index >= 15 is 0 Å². The Morgan fingerprint density at radius 3 is 2.83 bits per heavy atom. The Kier molecular flexibility index (Phi) is 3.37. The Bertz CT molecular complexity index is 357. The summed E-state index contributed by atoms with van der Waals surface area (Å²) in [5, 5.41) is 2.85. The van der Waals surface area contributed by atoms with Gasteiger partial charge in [0.25, 0.3) is 0 Å². The zero-order valence-corrected chi connectivity index (χ0v) is 11.2. The summed E-state index contributed by atoms with van der Waals surface area (Å²) in [6.07, 6.45) is 2.04. The number of rotatable bonds is 1. The van der Waals surface area contributed by atoms with Gasteiger partial charge in [-0.05, 0) is 24.3 Å². The Balaban J connectivity index is 1.60. The van der Waals surface area contributed by atoms with Gasteiger partial charge >= 0.3 is 6.03 Å². The van der Waals surface area contributed by atoms with Crippen LogP contribution in [0.25, 0.3) is 0 Å². The highest BCUT2D eigenvalue weighted by atomic mass is 32.2. The Hall–Kier alpha value is -0.910. The molecule has 0 aromatic carbocycles. The van der Waals surface area contributed by atoms with E-state index < -0.39 is 0 Å². The van der Waals surface area contributed by atoms with Crippen LogP contribution in [0.5, 0.6) is 0 Å². The lowest BCUT2D eigenvalue weighted by Gasteiger charge is -2.38. The number of amides is 3. The number of nitrogens with zero attached hydrogens (tertiary/aromatic N) is 2. The van der Waals surface area contributed by atoms with E-state index in [1.165, 1.54) is 0 Å². The van der Waals surface area contributed by atoms with Gasteiger partial charge in [-0.1, -0.05) is 0 Å². The lowest BCUT2D eigenvalue weighted by atomic mass is 10.00. The number of nitrogens with one attached hydrogen (secondary N) is 1. The molecule has 6 heteroatoms. The number of fused-ring (bicyclic) bond motifs is 1. The monoisotopic (exact) mass is 269 g/mol. The van der Waals surface area contributed by atoms with Crippen LogP contribution in [0.15, 0.2) is 0 Å². The summed E-state index contributed by atoms with van der Waals surface area (Å²) in [7, 11) is 0. The maximum absolute atomic E-state index is 12.4. The normalized spacial score (nSPS) is 29.1. The van der Waals surface area contributed by atoms with Crippen LogP contribution in [0.4, 0.5) is 4.79 Å². The molecule has 0 aliphatic carbocycles. The van der Waals surface area contributed by atoms with Gasteiger partial charge in [0, 0.05) is 32.1 Å². The van der Waals surface area contributed by atoms with Crippen molar-refractivity contribution in [3.63, 3.8) is 0 Å². The minimum absolute atomic E-state index is 0.0289. The molecule has 3 amide bonds. The molecule has 1 unspecified atom stereocenters. The van der Waals surface area contributed by atoms with Gasteiger partial charge in [-0.2, -0.15) is 11.8 Å². The molecule has 3 fully saturated rings. The van der Waals surface area contributed by atoms with Gasteiger partial charge in [-0.25, -0.2) is 4.79 Å². The predicted octanol–water partition coefficient (Wildman–Crippen LogP) is 0.366. The minimum Gasteiger partial charge on any atom is -0.339 e. The first kappa shape index (κ1) is 12.1. The molecule has 0 bridgehead atoms. The largest absolute Gasteiger partial charge is 0.339 e. The molecule has 0 spiro atoms. The molecule has 3 rings (SSSR count). The number of carbonyl (C=O) groups excluding carboxylic acids is 2. The van der Waals surface area contributed by atoms with Crippen molar-refractivity contribution in [2.75, 3.05) is 37.7 Å². The van der Waals surface area contributed by atoms with E-state index in [1.807, 2.05) is 21.6 Å². The number of urea groups is 1. The fourth-order valence-corrected chi connectivity index (χ4v) is 4.11.